The van der Waals surface area contributed by atoms with Gasteiger partial charge in [0.1, 0.15) is 0 Å². The molecule has 0 atom stereocenters. The van der Waals surface area contributed by atoms with E-state index in [1.165, 1.54) is 0 Å². The molecule has 0 spiro atoms. The SMILES string of the molecule is COc1ccc(Cl)cc1[NH3+].O=[N+]([O-])[O-]. The van der Waals surface area contributed by atoms with Crippen molar-refractivity contribution < 1.29 is 15.6 Å². The minimum atomic E-state index is -1.75. The summed E-state index contributed by atoms with van der Waals surface area (Å²) in [5, 5.41) is 15.4. The van der Waals surface area contributed by atoms with Crippen LogP contribution in [-0.2, 0) is 0 Å². The van der Waals surface area contributed by atoms with Crippen molar-refractivity contribution >= 4 is 17.3 Å². The minimum absolute atomic E-state index is 0.686. The predicted octanol–water partition coefficient (Wildman–Crippen LogP) is 0.983. The molecule has 6 nitrogen and oxygen atoms in total. The molecule has 0 heterocycles. The lowest BCUT2D eigenvalue weighted by Gasteiger charge is -1.99. The fourth-order valence-electron chi connectivity index (χ4n) is 0.747. The van der Waals surface area contributed by atoms with Crippen LogP contribution in [0.15, 0.2) is 18.2 Å². The summed E-state index contributed by atoms with van der Waals surface area (Å²) < 4.78 is 4.98. The lowest BCUT2D eigenvalue weighted by atomic mass is 10.3. The van der Waals surface area contributed by atoms with E-state index in [2.05, 4.69) is 5.73 Å². The van der Waals surface area contributed by atoms with Crippen LogP contribution in [0.2, 0.25) is 5.02 Å². The third kappa shape index (κ3) is 5.18. The van der Waals surface area contributed by atoms with Crippen molar-refractivity contribution in [2.45, 2.75) is 0 Å². The van der Waals surface area contributed by atoms with Gasteiger partial charge in [0.05, 0.1) is 12.2 Å². The second-order valence-electron chi connectivity index (χ2n) is 2.18. The predicted molar refractivity (Wildman–Crippen MR) is 50.9 cm³/mol. The molecule has 1 aromatic rings. The number of ether oxygens (including phenoxy) is 1. The van der Waals surface area contributed by atoms with E-state index in [1.807, 2.05) is 0 Å². The Morgan fingerprint density at radius 1 is 1.50 bits per heavy atom. The van der Waals surface area contributed by atoms with Crippen molar-refractivity contribution in [1.82, 2.24) is 0 Å². The summed E-state index contributed by atoms with van der Waals surface area (Å²) >= 11 is 5.68. The molecule has 3 N–H and O–H groups in total. The Balaban J connectivity index is 0.000000364. The fourth-order valence-corrected chi connectivity index (χ4v) is 0.942. The zero-order chi connectivity index (χ0) is 11.1. The van der Waals surface area contributed by atoms with E-state index >= 15 is 0 Å². The molecule has 0 aromatic heterocycles. The Labute approximate surface area is 85.0 Å². The maximum absolute atomic E-state index is 8.25. The molecule has 0 fully saturated rings. The van der Waals surface area contributed by atoms with Crippen LogP contribution in [-0.4, -0.2) is 12.2 Å². The molecule has 1 rings (SSSR count). The molecule has 0 radical (unpaired) electrons. The first-order valence-electron chi connectivity index (χ1n) is 3.44. The van der Waals surface area contributed by atoms with Crippen molar-refractivity contribution in [3.8, 4) is 5.75 Å². The molecule has 0 amide bonds. The van der Waals surface area contributed by atoms with Gasteiger partial charge >= 0.3 is 0 Å². The Bertz CT molecular complexity index is 315. The molecule has 0 unspecified atom stereocenters. The number of nitrogens with zero attached hydrogens (tertiary/aromatic N) is 1. The highest BCUT2D eigenvalue weighted by Crippen LogP contribution is 2.22. The summed E-state index contributed by atoms with van der Waals surface area (Å²) in [6.45, 7) is 0. The first-order chi connectivity index (χ1) is 6.47. The van der Waals surface area contributed by atoms with E-state index in [9.17, 15) is 0 Å². The Hall–Kier alpha value is -1.53. The number of hydrogen-bond donors (Lipinski definition) is 1. The van der Waals surface area contributed by atoms with Crippen LogP contribution in [0.4, 0.5) is 5.69 Å². The minimum Gasteiger partial charge on any atom is -0.491 e. The number of methoxy groups -OCH3 is 1. The number of halogens is 1. The van der Waals surface area contributed by atoms with Crippen molar-refractivity contribution in [1.29, 1.82) is 0 Å². The molecule has 0 aliphatic heterocycles. The topological polar surface area (TPSA) is 103 Å². The van der Waals surface area contributed by atoms with E-state index < -0.39 is 5.09 Å². The number of hydrogen-bond acceptors (Lipinski definition) is 4. The van der Waals surface area contributed by atoms with Gasteiger partial charge in [0.25, 0.3) is 0 Å². The molecule has 0 bridgehead atoms. The van der Waals surface area contributed by atoms with E-state index in [0.29, 0.717) is 5.02 Å². The van der Waals surface area contributed by atoms with Crippen LogP contribution in [0.25, 0.3) is 0 Å². The number of quaternary nitrogens is 1. The second-order valence-corrected chi connectivity index (χ2v) is 2.62. The van der Waals surface area contributed by atoms with E-state index in [4.69, 9.17) is 31.7 Å². The van der Waals surface area contributed by atoms with Crippen LogP contribution in [0.5, 0.6) is 5.75 Å². The summed E-state index contributed by atoms with van der Waals surface area (Å²) in [6, 6.07) is 5.33. The van der Waals surface area contributed by atoms with Crippen molar-refractivity contribution in [2.24, 2.45) is 0 Å². The monoisotopic (exact) mass is 220 g/mol. The molecular formula is C7H9ClN2O4. The molecule has 7 heteroatoms. The fraction of sp³-hybridized carbons (Fsp3) is 0.143. The van der Waals surface area contributed by atoms with Crippen LogP contribution >= 0.6 is 11.6 Å². The summed E-state index contributed by atoms with van der Waals surface area (Å²) in [6.07, 6.45) is 0. The normalized spacial score (nSPS) is 8.50. The quantitative estimate of drug-likeness (QED) is 0.563. The maximum Gasteiger partial charge on any atom is 0.179 e. The summed E-state index contributed by atoms with van der Waals surface area (Å²) in [4.78, 5) is 8.25. The zero-order valence-corrected chi connectivity index (χ0v) is 8.15. The van der Waals surface area contributed by atoms with Crippen LogP contribution in [0, 0.1) is 15.3 Å². The molecule has 1 aromatic carbocycles. The number of rotatable bonds is 1. The highest BCUT2D eigenvalue weighted by molar-refractivity contribution is 6.30. The lowest BCUT2D eigenvalue weighted by Crippen LogP contribution is -2.40. The molecule has 14 heavy (non-hydrogen) atoms. The summed E-state index contributed by atoms with van der Waals surface area (Å²) in [7, 11) is 1.61. The molecular weight excluding hydrogens is 212 g/mol. The molecule has 0 aliphatic rings. The standard InChI is InChI=1S/C7H8ClNO.NO3/c1-10-7-3-2-5(8)4-6(7)9;2-1(3)4/h2-4H,9H2,1H3;/q;-1/p+1. The first-order valence-corrected chi connectivity index (χ1v) is 3.82. The average molecular weight is 221 g/mol. The van der Waals surface area contributed by atoms with Crippen LogP contribution < -0.4 is 10.5 Å². The van der Waals surface area contributed by atoms with Gasteiger partial charge in [-0.25, -0.2) is 0 Å². The molecule has 78 valence electrons. The van der Waals surface area contributed by atoms with Gasteiger partial charge in [-0.15, -0.1) is 0 Å². The smallest absolute Gasteiger partial charge is 0.179 e. The lowest BCUT2D eigenvalue weighted by molar-refractivity contribution is -0.402. The molecule has 0 aliphatic carbocycles. The molecule has 0 saturated heterocycles. The Morgan fingerprint density at radius 3 is 2.36 bits per heavy atom. The van der Waals surface area contributed by atoms with Gasteiger partial charge in [-0.05, 0) is 12.1 Å². The van der Waals surface area contributed by atoms with Gasteiger partial charge in [0.15, 0.2) is 11.4 Å². The van der Waals surface area contributed by atoms with E-state index in [1.54, 1.807) is 25.3 Å². The summed E-state index contributed by atoms with van der Waals surface area (Å²) in [5.41, 5.74) is 4.56. The highest BCUT2D eigenvalue weighted by Gasteiger charge is 2.00. The first kappa shape index (κ1) is 12.5. The largest absolute Gasteiger partial charge is 0.491 e. The Kier molecular flexibility index (Phi) is 5.35. The van der Waals surface area contributed by atoms with Crippen molar-refractivity contribution in [2.75, 3.05) is 7.11 Å². The van der Waals surface area contributed by atoms with E-state index in [-0.39, 0.29) is 0 Å². The summed E-state index contributed by atoms with van der Waals surface area (Å²) in [5.74, 6) is 0.768. The van der Waals surface area contributed by atoms with Crippen LogP contribution in [0.1, 0.15) is 0 Å². The van der Waals surface area contributed by atoms with Crippen molar-refractivity contribution in [3.63, 3.8) is 0 Å². The third-order valence-corrected chi connectivity index (χ3v) is 1.48. The molecule has 0 saturated carbocycles. The van der Waals surface area contributed by atoms with Gasteiger partial charge in [-0.1, -0.05) is 11.6 Å². The number of benzene rings is 1. The van der Waals surface area contributed by atoms with E-state index in [0.717, 1.165) is 11.4 Å². The van der Waals surface area contributed by atoms with Gasteiger partial charge in [-0.2, -0.15) is 0 Å². The maximum atomic E-state index is 8.25. The Morgan fingerprint density at radius 2 is 2.00 bits per heavy atom. The highest BCUT2D eigenvalue weighted by atomic mass is 35.5. The second kappa shape index (κ2) is 6.01. The van der Waals surface area contributed by atoms with Gasteiger partial charge in [0, 0.05) is 11.1 Å². The van der Waals surface area contributed by atoms with Crippen LogP contribution in [0.3, 0.4) is 0 Å². The van der Waals surface area contributed by atoms with Gasteiger partial charge < -0.3 is 25.8 Å². The third-order valence-electron chi connectivity index (χ3n) is 1.24. The zero-order valence-electron chi connectivity index (χ0n) is 7.40. The average Bonchev–Trinajstić information content (AvgIpc) is 2.03. The van der Waals surface area contributed by atoms with Gasteiger partial charge in [0.2, 0.25) is 0 Å². The van der Waals surface area contributed by atoms with Crippen molar-refractivity contribution in [3.05, 3.63) is 38.5 Å². The van der Waals surface area contributed by atoms with Gasteiger partial charge in [-0.3, -0.25) is 0 Å².